The SMILES string of the molecule is NC(=NO)C(Cc1ccccc1)C(=O)N1CCS(=O)CC1. The van der Waals surface area contributed by atoms with E-state index in [1.807, 2.05) is 30.3 Å². The molecule has 1 saturated heterocycles. The van der Waals surface area contributed by atoms with E-state index in [1.54, 1.807) is 4.90 Å². The maximum atomic E-state index is 12.6. The van der Waals surface area contributed by atoms with Gasteiger partial charge in [-0.2, -0.15) is 0 Å². The minimum absolute atomic E-state index is 0.0875. The van der Waals surface area contributed by atoms with Crippen LogP contribution in [0.2, 0.25) is 0 Å². The van der Waals surface area contributed by atoms with E-state index in [1.165, 1.54) is 0 Å². The molecule has 2 rings (SSSR count). The highest BCUT2D eigenvalue weighted by molar-refractivity contribution is 7.85. The maximum Gasteiger partial charge on any atom is 0.233 e. The van der Waals surface area contributed by atoms with Gasteiger partial charge in [-0.15, -0.1) is 0 Å². The first kappa shape index (κ1) is 15.5. The van der Waals surface area contributed by atoms with Crippen molar-refractivity contribution in [1.82, 2.24) is 4.90 Å². The molecule has 1 aliphatic heterocycles. The molecule has 3 N–H and O–H groups in total. The van der Waals surface area contributed by atoms with Gasteiger partial charge in [0.1, 0.15) is 5.92 Å². The molecule has 1 aliphatic rings. The third kappa shape index (κ3) is 4.04. The standard InChI is InChI=1S/C14H19N3O3S/c15-13(16-19)12(10-11-4-2-1-3-5-11)14(18)17-6-8-21(20)9-7-17/h1-5,12,19H,6-10H2,(H2,15,16). The number of carbonyl (C=O) groups excluding carboxylic acids is 1. The Labute approximate surface area is 126 Å². The molecule has 0 radical (unpaired) electrons. The molecule has 1 aromatic carbocycles. The Hall–Kier alpha value is -1.89. The highest BCUT2D eigenvalue weighted by Gasteiger charge is 2.30. The molecule has 114 valence electrons. The lowest BCUT2D eigenvalue weighted by Crippen LogP contribution is -2.48. The summed E-state index contributed by atoms with van der Waals surface area (Å²) in [5, 5.41) is 11.9. The summed E-state index contributed by atoms with van der Waals surface area (Å²) in [4.78, 5) is 14.2. The Kier molecular flexibility index (Phi) is 5.32. The molecule has 1 aromatic rings. The third-order valence-electron chi connectivity index (χ3n) is 3.54. The van der Waals surface area contributed by atoms with Crippen LogP contribution in [0.1, 0.15) is 5.56 Å². The predicted molar refractivity (Wildman–Crippen MR) is 81.5 cm³/mol. The van der Waals surface area contributed by atoms with Crippen molar-refractivity contribution in [3.8, 4) is 0 Å². The van der Waals surface area contributed by atoms with Crippen molar-refractivity contribution in [3.63, 3.8) is 0 Å². The van der Waals surface area contributed by atoms with E-state index < -0.39 is 16.7 Å². The van der Waals surface area contributed by atoms with Gasteiger partial charge in [-0.25, -0.2) is 0 Å². The summed E-state index contributed by atoms with van der Waals surface area (Å²) < 4.78 is 11.4. The average Bonchev–Trinajstić information content (AvgIpc) is 2.53. The minimum Gasteiger partial charge on any atom is -0.409 e. The molecule has 7 heteroatoms. The average molecular weight is 309 g/mol. The normalized spacial score (nSPS) is 18.5. The van der Waals surface area contributed by atoms with E-state index >= 15 is 0 Å². The second-order valence-electron chi connectivity index (χ2n) is 4.94. The quantitative estimate of drug-likeness (QED) is 0.359. The molecule has 0 bridgehead atoms. The van der Waals surface area contributed by atoms with Gasteiger partial charge in [0.2, 0.25) is 5.91 Å². The predicted octanol–water partition coefficient (Wildman–Crippen LogP) is 0.183. The van der Waals surface area contributed by atoms with Crippen molar-refractivity contribution in [3.05, 3.63) is 35.9 Å². The van der Waals surface area contributed by atoms with Gasteiger partial charge in [0.25, 0.3) is 0 Å². The van der Waals surface area contributed by atoms with Crippen LogP contribution >= 0.6 is 0 Å². The van der Waals surface area contributed by atoms with Crippen LogP contribution in [0.3, 0.4) is 0 Å². The van der Waals surface area contributed by atoms with E-state index in [2.05, 4.69) is 5.16 Å². The van der Waals surface area contributed by atoms with E-state index in [4.69, 9.17) is 10.9 Å². The number of rotatable bonds is 4. The third-order valence-corrected chi connectivity index (χ3v) is 4.82. The molecule has 21 heavy (non-hydrogen) atoms. The Morgan fingerprint density at radius 3 is 2.52 bits per heavy atom. The fraction of sp³-hybridized carbons (Fsp3) is 0.429. The topological polar surface area (TPSA) is 96.0 Å². The zero-order valence-corrected chi connectivity index (χ0v) is 12.5. The van der Waals surface area contributed by atoms with Crippen LogP contribution in [0, 0.1) is 5.92 Å². The van der Waals surface area contributed by atoms with Crippen molar-refractivity contribution >= 4 is 22.5 Å². The summed E-state index contributed by atoms with van der Waals surface area (Å²) in [7, 11) is -0.846. The second-order valence-corrected chi connectivity index (χ2v) is 6.64. The second kappa shape index (κ2) is 7.21. The van der Waals surface area contributed by atoms with Gasteiger partial charge in [0, 0.05) is 35.4 Å². The largest absolute Gasteiger partial charge is 0.409 e. The Morgan fingerprint density at radius 2 is 1.95 bits per heavy atom. The number of amides is 1. The summed E-state index contributed by atoms with van der Waals surface area (Å²) >= 11 is 0. The fourth-order valence-corrected chi connectivity index (χ4v) is 3.37. The molecule has 1 unspecified atom stereocenters. The van der Waals surface area contributed by atoms with Crippen molar-refractivity contribution < 1.29 is 14.2 Å². The first-order valence-corrected chi connectivity index (χ1v) is 8.25. The molecule has 0 saturated carbocycles. The van der Waals surface area contributed by atoms with Crippen LogP contribution in [0.5, 0.6) is 0 Å². The summed E-state index contributed by atoms with van der Waals surface area (Å²) in [5.41, 5.74) is 6.64. The van der Waals surface area contributed by atoms with E-state index in [-0.39, 0.29) is 11.7 Å². The number of amidine groups is 1. The first-order chi connectivity index (χ1) is 10.1. The van der Waals surface area contributed by atoms with E-state index in [9.17, 15) is 9.00 Å². The smallest absolute Gasteiger partial charge is 0.233 e. The van der Waals surface area contributed by atoms with E-state index in [0.29, 0.717) is 31.0 Å². The van der Waals surface area contributed by atoms with Crippen LogP contribution < -0.4 is 5.73 Å². The van der Waals surface area contributed by atoms with Crippen LogP contribution in [0.4, 0.5) is 0 Å². The van der Waals surface area contributed by atoms with Gasteiger partial charge in [-0.05, 0) is 12.0 Å². The molecular weight excluding hydrogens is 290 g/mol. The molecule has 1 amide bonds. The molecule has 6 nitrogen and oxygen atoms in total. The maximum absolute atomic E-state index is 12.6. The van der Waals surface area contributed by atoms with Crippen LogP contribution in [-0.2, 0) is 22.0 Å². The number of hydrogen-bond donors (Lipinski definition) is 2. The molecule has 0 aliphatic carbocycles. The van der Waals surface area contributed by atoms with Crippen molar-refractivity contribution in [2.24, 2.45) is 16.8 Å². The van der Waals surface area contributed by atoms with Gasteiger partial charge in [0.15, 0.2) is 5.84 Å². The summed E-state index contributed by atoms with van der Waals surface area (Å²) in [5.74, 6) is 0.0188. The summed E-state index contributed by atoms with van der Waals surface area (Å²) in [6.07, 6.45) is 0.384. The summed E-state index contributed by atoms with van der Waals surface area (Å²) in [6, 6.07) is 9.45. The van der Waals surface area contributed by atoms with E-state index in [0.717, 1.165) is 5.56 Å². The lowest BCUT2D eigenvalue weighted by molar-refractivity contribution is -0.133. The molecular formula is C14H19N3O3S. The lowest BCUT2D eigenvalue weighted by atomic mass is 9.96. The number of hydrogen-bond acceptors (Lipinski definition) is 4. The number of carbonyl (C=O) groups is 1. The number of nitrogens with zero attached hydrogens (tertiary/aromatic N) is 2. The minimum atomic E-state index is -0.846. The van der Waals surface area contributed by atoms with Gasteiger partial charge in [-0.3, -0.25) is 9.00 Å². The Bertz CT molecular complexity index is 538. The van der Waals surface area contributed by atoms with Gasteiger partial charge >= 0.3 is 0 Å². The fourth-order valence-electron chi connectivity index (χ4n) is 2.32. The van der Waals surface area contributed by atoms with Crippen LogP contribution in [-0.4, -0.2) is 50.7 Å². The number of oxime groups is 1. The zero-order valence-electron chi connectivity index (χ0n) is 11.6. The summed E-state index contributed by atoms with van der Waals surface area (Å²) in [6.45, 7) is 0.908. The Morgan fingerprint density at radius 1 is 1.33 bits per heavy atom. The highest BCUT2D eigenvalue weighted by atomic mass is 32.2. The van der Waals surface area contributed by atoms with Crippen molar-refractivity contribution in [2.75, 3.05) is 24.6 Å². The van der Waals surface area contributed by atoms with Crippen molar-refractivity contribution in [1.29, 1.82) is 0 Å². The Balaban J connectivity index is 2.12. The number of benzene rings is 1. The molecule has 0 aromatic heterocycles. The molecule has 1 fully saturated rings. The zero-order chi connectivity index (χ0) is 15.2. The van der Waals surface area contributed by atoms with Crippen molar-refractivity contribution in [2.45, 2.75) is 6.42 Å². The monoisotopic (exact) mass is 309 g/mol. The number of nitrogens with two attached hydrogens (primary N) is 1. The molecule has 1 atom stereocenters. The van der Waals surface area contributed by atoms with Gasteiger partial charge in [-0.1, -0.05) is 35.5 Å². The van der Waals surface area contributed by atoms with Gasteiger partial charge < -0.3 is 15.8 Å². The van der Waals surface area contributed by atoms with Crippen LogP contribution in [0.25, 0.3) is 0 Å². The molecule has 0 spiro atoms. The van der Waals surface area contributed by atoms with Gasteiger partial charge in [0.05, 0.1) is 0 Å². The highest BCUT2D eigenvalue weighted by Crippen LogP contribution is 2.14. The van der Waals surface area contributed by atoms with Crippen LogP contribution in [0.15, 0.2) is 35.5 Å². The lowest BCUT2D eigenvalue weighted by Gasteiger charge is -2.29. The first-order valence-electron chi connectivity index (χ1n) is 6.77. The molecule has 1 heterocycles.